The van der Waals surface area contributed by atoms with Crippen LogP contribution in [-0.2, 0) is 0 Å². The molecule has 0 amide bonds. The van der Waals surface area contributed by atoms with Crippen LogP contribution in [0.25, 0.3) is 0 Å². The second kappa shape index (κ2) is 10.6. The summed E-state index contributed by atoms with van der Waals surface area (Å²) in [5, 5.41) is 21.0. The fourth-order valence-electron chi connectivity index (χ4n) is 16.6. The third-order valence-electron chi connectivity index (χ3n) is 17.7. The molecule has 11 aliphatic rings. The lowest BCUT2D eigenvalue weighted by molar-refractivity contribution is -0.939. The largest absolute Gasteiger partial charge is 0.392 e. The molecule has 2 N–H and O–H groups in total. The summed E-state index contributed by atoms with van der Waals surface area (Å²) in [7, 11) is 0. The van der Waals surface area contributed by atoms with Crippen molar-refractivity contribution >= 4 is 0 Å². The van der Waals surface area contributed by atoms with Gasteiger partial charge in [-0.3, -0.25) is 0 Å². The number of allylic oxidation sites excluding steroid dienone is 1. The van der Waals surface area contributed by atoms with Gasteiger partial charge >= 0.3 is 0 Å². The molecule has 0 aromatic heterocycles. The smallest absolute Gasteiger partial charge is 0.102 e. The first-order valence-electron chi connectivity index (χ1n) is 20.7. The van der Waals surface area contributed by atoms with Crippen LogP contribution in [-0.4, -0.2) is 112 Å². The van der Waals surface area contributed by atoms with Crippen LogP contribution in [0.5, 0.6) is 0 Å². The van der Waals surface area contributed by atoms with Crippen LogP contribution in [0.3, 0.4) is 0 Å². The summed E-state index contributed by atoms with van der Waals surface area (Å²) < 4.78 is 2.32. The van der Waals surface area contributed by atoms with Gasteiger partial charge in [-0.25, -0.2) is 0 Å². The van der Waals surface area contributed by atoms with Crippen LogP contribution < -0.4 is 0 Å². The molecule has 50 heavy (non-hydrogen) atoms. The number of hydrogen-bond donors (Lipinski definition) is 2. The zero-order valence-electron chi connectivity index (χ0n) is 30.3. The second-order valence-electron chi connectivity index (χ2n) is 18.8. The number of nitrogens with zero attached hydrogens (tertiary/aromatic N) is 4. The zero-order chi connectivity index (χ0) is 33.6. The Morgan fingerprint density at radius 1 is 0.780 bits per heavy atom. The van der Waals surface area contributed by atoms with E-state index in [1.807, 2.05) is 5.57 Å². The number of quaternary nitrogens is 2. The first kappa shape index (κ1) is 31.2. The van der Waals surface area contributed by atoms with Gasteiger partial charge in [-0.2, -0.15) is 0 Å². The average molecular weight is 677 g/mol. The van der Waals surface area contributed by atoms with Gasteiger partial charge in [0.2, 0.25) is 0 Å². The van der Waals surface area contributed by atoms with E-state index in [2.05, 4.69) is 59.7 Å². The van der Waals surface area contributed by atoms with Crippen molar-refractivity contribution in [3.05, 3.63) is 83.4 Å². The SMILES string of the molecule is C=CC[N@@+]12CC[C@]34C5CCCCC5N5/C=C6\C7N(/C=C(\C53)[C@@H](C[C@@H]41)/C(=C/CO)C2)C1=C(CCCC1)[C@@]71CC[N@@+]2(CC=C)C/C(=C\CO)[C@@H]6C[C@@H]12. The Balaban J connectivity index is 1.19. The van der Waals surface area contributed by atoms with Crippen molar-refractivity contribution in [2.24, 2.45) is 28.6 Å². The predicted octanol–water partition coefficient (Wildman–Crippen LogP) is 5.95. The monoisotopic (exact) mass is 676 g/mol. The lowest BCUT2D eigenvalue weighted by atomic mass is 9.53. The van der Waals surface area contributed by atoms with Crippen molar-refractivity contribution in [1.82, 2.24) is 9.80 Å². The maximum atomic E-state index is 10.5. The number of aliphatic hydroxyl groups excluding tert-OH is 2. The van der Waals surface area contributed by atoms with Gasteiger partial charge in [-0.05, 0) is 84.5 Å². The number of piperidine rings is 2. The number of rotatable bonds is 6. The lowest BCUT2D eigenvalue weighted by Gasteiger charge is -2.60. The highest BCUT2D eigenvalue weighted by Crippen LogP contribution is 2.72. The first-order chi connectivity index (χ1) is 24.5. The Bertz CT molecular complexity index is 1700. The third kappa shape index (κ3) is 3.48. The van der Waals surface area contributed by atoms with Crippen LogP contribution >= 0.6 is 0 Å². The van der Waals surface area contributed by atoms with Gasteiger partial charge in [0.05, 0.1) is 68.3 Å². The topological polar surface area (TPSA) is 46.9 Å². The highest BCUT2D eigenvalue weighted by atomic mass is 16.3. The molecule has 3 saturated carbocycles. The van der Waals surface area contributed by atoms with E-state index < -0.39 is 0 Å². The Kier molecular flexibility index (Phi) is 6.62. The van der Waals surface area contributed by atoms with E-state index in [4.69, 9.17) is 0 Å². The number of fused-ring (bicyclic) bond motifs is 7. The summed E-state index contributed by atoms with van der Waals surface area (Å²) in [5.74, 6) is 1.60. The fourth-order valence-corrected chi connectivity index (χ4v) is 16.6. The molecule has 7 aliphatic heterocycles. The normalized spacial score (nSPS) is 52.4. The highest BCUT2D eigenvalue weighted by Gasteiger charge is 2.77. The second-order valence-corrected chi connectivity index (χ2v) is 18.8. The van der Waals surface area contributed by atoms with E-state index >= 15 is 0 Å². The molecule has 2 spiro atoms. The van der Waals surface area contributed by atoms with E-state index in [1.165, 1.54) is 106 Å². The van der Waals surface area contributed by atoms with Gasteiger partial charge in [0.15, 0.2) is 0 Å². The Hall–Kier alpha value is -2.38. The third-order valence-corrected chi connectivity index (χ3v) is 17.7. The number of hydrogen-bond acceptors (Lipinski definition) is 4. The van der Waals surface area contributed by atoms with E-state index in [-0.39, 0.29) is 18.6 Å². The molecule has 8 fully saturated rings. The van der Waals surface area contributed by atoms with Crippen molar-refractivity contribution in [3.8, 4) is 0 Å². The van der Waals surface area contributed by atoms with Gasteiger partial charge in [0.25, 0.3) is 0 Å². The van der Waals surface area contributed by atoms with E-state index in [1.54, 1.807) is 16.8 Å². The fraction of sp³-hybridized carbons (Fsp3) is 0.682. The van der Waals surface area contributed by atoms with Crippen molar-refractivity contribution < 1.29 is 19.2 Å². The maximum Gasteiger partial charge on any atom is 0.102 e. The van der Waals surface area contributed by atoms with Crippen molar-refractivity contribution in [2.45, 2.75) is 107 Å². The van der Waals surface area contributed by atoms with Crippen LogP contribution in [0.4, 0.5) is 0 Å². The molecule has 6 heteroatoms. The zero-order valence-corrected chi connectivity index (χ0v) is 30.3. The lowest BCUT2D eigenvalue weighted by Crippen LogP contribution is -2.68. The van der Waals surface area contributed by atoms with E-state index in [0.717, 1.165) is 36.6 Å². The molecule has 0 radical (unpaired) electrons. The summed E-state index contributed by atoms with van der Waals surface area (Å²) in [6.45, 7) is 15.7. The van der Waals surface area contributed by atoms with Crippen molar-refractivity contribution in [2.75, 3.05) is 52.5 Å². The molecule has 6 nitrogen and oxygen atoms in total. The molecule has 0 aromatic rings. The molecule has 4 unspecified atom stereocenters. The van der Waals surface area contributed by atoms with Gasteiger partial charge < -0.3 is 29.0 Å². The Morgan fingerprint density at radius 3 is 2.18 bits per heavy atom. The standard InChI is InChI=1S/C44H60N4O2/c1-3-17-47-19-15-43-35-9-5-7-11-37(35)45-26-34-32-24-40-44(16-20-48(40,18-4-2)28-30(32)14-22-50)36-10-6-8-12-38(36)46(42(34)44)25-33(41(43)45)31(23-39(43)47)29(27-47)13-21-49/h3-4,13-14,25-26,31-32,35,37,39-42,49-50H,1-2,5-12,15-24,27-28H2/q+2/b29-13+,30-14+,33-25-,34-26-/t31-,32-,35?,37?,39-,40-,41?,42?,43+,44+,47-,48-/m0/s1. The maximum absolute atomic E-state index is 10.5. The minimum absolute atomic E-state index is 0.142. The number of aliphatic hydroxyl groups is 2. The van der Waals surface area contributed by atoms with Gasteiger partial charge in [0, 0.05) is 61.7 Å². The molecule has 4 bridgehead atoms. The molecule has 4 aliphatic carbocycles. The van der Waals surface area contributed by atoms with Crippen molar-refractivity contribution in [3.63, 3.8) is 0 Å². The molecule has 5 saturated heterocycles. The van der Waals surface area contributed by atoms with Crippen molar-refractivity contribution in [1.29, 1.82) is 0 Å². The summed E-state index contributed by atoms with van der Waals surface area (Å²) in [5.41, 5.74) is 10.5. The predicted molar refractivity (Wildman–Crippen MR) is 197 cm³/mol. The average Bonchev–Trinajstić information content (AvgIpc) is 3.81. The minimum atomic E-state index is 0.142. The minimum Gasteiger partial charge on any atom is -0.392 e. The molecular weight excluding hydrogens is 617 g/mol. The van der Waals surface area contributed by atoms with E-state index in [9.17, 15) is 10.2 Å². The Labute approximate surface area is 300 Å². The molecule has 7 heterocycles. The van der Waals surface area contributed by atoms with Crippen LogP contribution in [0.1, 0.15) is 77.0 Å². The quantitative estimate of drug-likeness (QED) is 0.270. The molecule has 0 aromatic carbocycles. The van der Waals surface area contributed by atoms with E-state index in [0.29, 0.717) is 47.5 Å². The van der Waals surface area contributed by atoms with Crippen LogP contribution in [0, 0.1) is 28.6 Å². The molecule has 266 valence electrons. The molecule has 12 atom stereocenters. The summed E-state index contributed by atoms with van der Waals surface area (Å²) in [6.07, 6.45) is 30.3. The molecule has 11 rings (SSSR count). The summed E-state index contributed by atoms with van der Waals surface area (Å²) in [6, 6.07) is 2.74. The summed E-state index contributed by atoms with van der Waals surface area (Å²) in [4.78, 5) is 6.03. The van der Waals surface area contributed by atoms with Crippen LogP contribution in [0.2, 0.25) is 0 Å². The van der Waals surface area contributed by atoms with Crippen LogP contribution in [0.15, 0.2) is 83.4 Å². The van der Waals surface area contributed by atoms with Gasteiger partial charge in [0.1, 0.15) is 19.1 Å². The molecular formula is C44H60N4O2+2. The first-order valence-corrected chi connectivity index (χ1v) is 20.7. The van der Waals surface area contributed by atoms with Gasteiger partial charge in [-0.15, -0.1) is 0 Å². The summed E-state index contributed by atoms with van der Waals surface area (Å²) >= 11 is 0. The Morgan fingerprint density at radius 2 is 1.44 bits per heavy atom. The highest BCUT2D eigenvalue weighted by molar-refractivity contribution is 5.51. The van der Waals surface area contributed by atoms with Gasteiger partial charge in [-0.1, -0.05) is 38.2 Å².